The van der Waals surface area contributed by atoms with Crippen molar-refractivity contribution in [2.75, 3.05) is 26.3 Å². The van der Waals surface area contributed by atoms with Gasteiger partial charge in [-0.3, -0.25) is 9.69 Å². The lowest BCUT2D eigenvalue weighted by molar-refractivity contribution is -0.133. The van der Waals surface area contributed by atoms with Gasteiger partial charge in [-0.1, -0.05) is 36.4 Å². The van der Waals surface area contributed by atoms with Gasteiger partial charge in [-0.15, -0.1) is 0 Å². The summed E-state index contributed by atoms with van der Waals surface area (Å²) in [4.78, 5) is 17.6. The number of fused-ring (bicyclic) bond motifs is 1. The molecule has 0 radical (unpaired) electrons. The van der Waals surface area contributed by atoms with Gasteiger partial charge < -0.3 is 9.64 Å². The predicted octanol–water partition coefficient (Wildman–Crippen LogP) is 2.41. The number of hydrogen-bond donors (Lipinski definition) is 0. The smallest absolute Gasteiger partial charge is 0.245 e. The largest absolute Gasteiger partial charge is 0.379 e. The van der Waals surface area contributed by atoms with Crippen LogP contribution in [-0.2, 0) is 16.1 Å². The van der Waals surface area contributed by atoms with E-state index >= 15 is 0 Å². The number of nitrogens with zero attached hydrogens (tertiary/aromatic N) is 2. The summed E-state index contributed by atoms with van der Waals surface area (Å²) in [6, 6.07) is 10.3. The highest BCUT2D eigenvalue weighted by Crippen LogP contribution is 2.40. The molecule has 4 nitrogen and oxygen atoms in total. The highest BCUT2D eigenvalue weighted by atomic mass is 16.5. The molecule has 1 aromatic rings. The van der Waals surface area contributed by atoms with Crippen LogP contribution in [0.15, 0.2) is 42.1 Å². The number of likely N-dealkylation sites (tertiary alicyclic amines) is 1. The van der Waals surface area contributed by atoms with Crippen LogP contribution in [0.25, 0.3) is 0 Å². The summed E-state index contributed by atoms with van der Waals surface area (Å²) in [6.45, 7) is 3.93. The van der Waals surface area contributed by atoms with E-state index in [0.29, 0.717) is 12.5 Å². The first-order valence-corrected chi connectivity index (χ1v) is 8.72. The molecule has 0 unspecified atom stereocenters. The average Bonchev–Trinajstić information content (AvgIpc) is 2.89. The van der Waals surface area contributed by atoms with Crippen molar-refractivity contribution in [3.63, 3.8) is 0 Å². The highest BCUT2D eigenvalue weighted by Gasteiger charge is 2.47. The van der Waals surface area contributed by atoms with Gasteiger partial charge in [0.15, 0.2) is 0 Å². The molecule has 23 heavy (non-hydrogen) atoms. The van der Waals surface area contributed by atoms with Crippen molar-refractivity contribution in [1.82, 2.24) is 9.80 Å². The molecule has 3 aliphatic rings. The summed E-state index contributed by atoms with van der Waals surface area (Å²) in [5, 5.41) is 0. The number of benzene rings is 1. The van der Waals surface area contributed by atoms with Gasteiger partial charge in [-0.2, -0.15) is 0 Å². The zero-order valence-electron chi connectivity index (χ0n) is 13.5. The van der Waals surface area contributed by atoms with E-state index in [4.69, 9.17) is 4.74 Å². The van der Waals surface area contributed by atoms with Crippen LogP contribution >= 0.6 is 0 Å². The first kappa shape index (κ1) is 14.9. The maximum Gasteiger partial charge on any atom is 0.245 e. The minimum atomic E-state index is 0.0224. The Kier molecular flexibility index (Phi) is 4.19. The van der Waals surface area contributed by atoms with Crippen LogP contribution in [0.1, 0.15) is 24.8 Å². The fourth-order valence-corrected chi connectivity index (χ4v) is 4.18. The topological polar surface area (TPSA) is 32.8 Å². The third kappa shape index (κ3) is 2.81. The van der Waals surface area contributed by atoms with Crippen molar-refractivity contribution in [2.24, 2.45) is 5.92 Å². The maximum atomic E-state index is 13.2. The molecule has 0 bridgehead atoms. The predicted molar refractivity (Wildman–Crippen MR) is 88.6 cm³/mol. The SMILES string of the molecule is O=C1[C@H](N2CCOCC2)[C@@H]2CCCC=C2N1Cc1ccccc1. The van der Waals surface area contributed by atoms with Crippen molar-refractivity contribution in [1.29, 1.82) is 0 Å². The molecule has 122 valence electrons. The first-order chi connectivity index (χ1) is 11.3. The molecule has 2 atom stereocenters. The van der Waals surface area contributed by atoms with Crippen LogP contribution in [0, 0.1) is 5.92 Å². The zero-order chi connectivity index (χ0) is 15.6. The fraction of sp³-hybridized carbons (Fsp3) is 0.526. The van der Waals surface area contributed by atoms with Crippen LogP contribution in [0.2, 0.25) is 0 Å². The first-order valence-electron chi connectivity index (χ1n) is 8.72. The molecule has 4 heteroatoms. The second-order valence-electron chi connectivity index (χ2n) is 6.67. The van der Waals surface area contributed by atoms with Crippen LogP contribution in [0.4, 0.5) is 0 Å². The van der Waals surface area contributed by atoms with Crippen molar-refractivity contribution >= 4 is 5.91 Å². The Balaban J connectivity index is 1.61. The minimum absolute atomic E-state index is 0.0224. The molecule has 0 spiro atoms. The van der Waals surface area contributed by atoms with Crippen LogP contribution < -0.4 is 0 Å². The molecule has 1 aliphatic carbocycles. The second-order valence-corrected chi connectivity index (χ2v) is 6.67. The molecule has 0 saturated carbocycles. The van der Waals surface area contributed by atoms with E-state index in [0.717, 1.165) is 39.1 Å². The number of amides is 1. The van der Waals surface area contributed by atoms with E-state index in [2.05, 4.69) is 23.1 Å². The van der Waals surface area contributed by atoms with Crippen molar-refractivity contribution in [3.05, 3.63) is 47.7 Å². The number of carbonyl (C=O) groups is 1. The van der Waals surface area contributed by atoms with Gasteiger partial charge in [0.1, 0.15) is 0 Å². The standard InChI is InChI=1S/C19H24N2O2/c22-19-18(20-10-12-23-13-11-20)16-8-4-5-9-17(16)21(19)14-15-6-2-1-3-7-15/h1-3,6-7,9,16,18H,4-5,8,10-14H2/t16-,18-/m1/s1. The van der Waals surface area contributed by atoms with Crippen LogP contribution in [0.5, 0.6) is 0 Å². The molecule has 2 heterocycles. The number of rotatable bonds is 3. The lowest BCUT2D eigenvalue weighted by atomic mass is 9.88. The van der Waals surface area contributed by atoms with Gasteiger partial charge in [-0.05, 0) is 24.8 Å². The summed E-state index contributed by atoms with van der Waals surface area (Å²) >= 11 is 0. The van der Waals surface area contributed by atoms with Gasteiger partial charge in [0, 0.05) is 24.7 Å². The van der Waals surface area contributed by atoms with Gasteiger partial charge in [0.2, 0.25) is 5.91 Å². The van der Waals surface area contributed by atoms with E-state index in [-0.39, 0.29) is 11.9 Å². The Bertz CT molecular complexity index is 593. The quantitative estimate of drug-likeness (QED) is 0.859. The molecular formula is C19H24N2O2. The summed E-state index contributed by atoms with van der Waals surface area (Å²) in [5.74, 6) is 0.659. The van der Waals surface area contributed by atoms with E-state index in [1.54, 1.807) is 0 Å². The zero-order valence-corrected chi connectivity index (χ0v) is 13.5. The molecule has 0 N–H and O–H groups in total. The average molecular weight is 312 g/mol. The Morgan fingerprint density at radius 3 is 2.70 bits per heavy atom. The molecular weight excluding hydrogens is 288 g/mol. The molecule has 2 fully saturated rings. The summed E-state index contributed by atoms with van der Waals surface area (Å²) in [5.41, 5.74) is 2.47. The molecule has 2 aliphatic heterocycles. The molecule has 4 rings (SSSR count). The number of hydrogen-bond acceptors (Lipinski definition) is 3. The summed E-state index contributed by atoms with van der Waals surface area (Å²) < 4.78 is 5.47. The Morgan fingerprint density at radius 1 is 1.13 bits per heavy atom. The van der Waals surface area contributed by atoms with Crippen molar-refractivity contribution in [2.45, 2.75) is 31.8 Å². The monoisotopic (exact) mass is 312 g/mol. The lowest BCUT2D eigenvalue weighted by Gasteiger charge is -2.34. The normalized spacial score (nSPS) is 28.6. The Labute approximate surface area is 137 Å². The van der Waals surface area contributed by atoms with Crippen molar-refractivity contribution in [3.8, 4) is 0 Å². The molecule has 0 aromatic heterocycles. The molecule has 1 aromatic carbocycles. The second kappa shape index (κ2) is 6.46. The highest BCUT2D eigenvalue weighted by molar-refractivity contribution is 5.88. The Hall–Kier alpha value is -1.65. The lowest BCUT2D eigenvalue weighted by Crippen LogP contribution is -2.49. The number of morpholine rings is 1. The molecule has 2 saturated heterocycles. The minimum Gasteiger partial charge on any atom is -0.379 e. The van der Waals surface area contributed by atoms with Gasteiger partial charge in [0.25, 0.3) is 0 Å². The van der Waals surface area contributed by atoms with Gasteiger partial charge in [0.05, 0.1) is 25.8 Å². The maximum absolute atomic E-state index is 13.2. The third-order valence-corrected chi connectivity index (χ3v) is 5.29. The van der Waals surface area contributed by atoms with E-state index in [1.165, 1.54) is 17.7 Å². The summed E-state index contributed by atoms with van der Waals surface area (Å²) in [6.07, 6.45) is 5.72. The number of carbonyl (C=O) groups excluding carboxylic acids is 1. The van der Waals surface area contributed by atoms with Gasteiger partial charge in [-0.25, -0.2) is 0 Å². The van der Waals surface area contributed by atoms with Crippen molar-refractivity contribution < 1.29 is 9.53 Å². The van der Waals surface area contributed by atoms with Gasteiger partial charge >= 0.3 is 0 Å². The van der Waals surface area contributed by atoms with E-state index < -0.39 is 0 Å². The van der Waals surface area contributed by atoms with E-state index in [9.17, 15) is 4.79 Å². The van der Waals surface area contributed by atoms with Crippen LogP contribution in [-0.4, -0.2) is 48.1 Å². The third-order valence-electron chi connectivity index (χ3n) is 5.29. The fourth-order valence-electron chi connectivity index (χ4n) is 4.18. The number of allylic oxidation sites excluding steroid dienone is 1. The van der Waals surface area contributed by atoms with E-state index in [1.807, 2.05) is 23.1 Å². The Morgan fingerprint density at radius 2 is 1.91 bits per heavy atom. The number of ether oxygens (including phenoxy) is 1. The molecule has 1 amide bonds. The summed E-state index contributed by atoms with van der Waals surface area (Å²) in [7, 11) is 0. The van der Waals surface area contributed by atoms with Crippen LogP contribution in [0.3, 0.4) is 0 Å².